The van der Waals surface area contributed by atoms with E-state index in [4.69, 9.17) is 0 Å². The van der Waals surface area contributed by atoms with Crippen molar-refractivity contribution in [1.29, 1.82) is 0 Å². The maximum Gasteiger partial charge on any atom is 0.279 e. The van der Waals surface area contributed by atoms with E-state index in [1.807, 2.05) is 36.6 Å². The van der Waals surface area contributed by atoms with Gasteiger partial charge >= 0.3 is 0 Å². The number of para-hydroxylation sites is 1. The summed E-state index contributed by atoms with van der Waals surface area (Å²) >= 11 is 1.38. The summed E-state index contributed by atoms with van der Waals surface area (Å²) in [5, 5.41) is 2.02. The summed E-state index contributed by atoms with van der Waals surface area (Å²) in [6, 6.07) is 15.3. The largest absolute Gasteiger partial charge is 0.289 e. The lowest BCUT2D eigenvalue weighted by Gasteiger charge is -2.24. The molecule has 3 rings (SSSR count). The number of halogens is 1. The molecule has 1 amide bonds. The Morgan fingerprint density at radius 3 is 2.39 bits per heavy atom. The van der Waals surface area contributed by atoms with Gasteiger partial charge in [0.1, 0.15) is 5.82 Å². The molecule has 0 fully saturated rings. The number of hydrogen-bond donors (Lipinski definition) is 1. The van der Waals surface area contributed by atoms with E-state index in [2.05, 4.69) is 10.4 Å². The van der Waals surface area contributed by atoms with Crippen molar-refractivity contribution in [2.75, 3.05) is 11.7 Å². The summed E-state index contributed by atoms with van der Waals surface area (Å²) in [4.78, 5) is 17.5. The fraction of sp³-hybridized carbons (Fsp3) is 0.176. The van der Waals surface area contributed by atoms with Gasteiger partial charge in [0.05, 0.1) is 5.69 Å². The SMILES string of the molecule is CSC1=N[C@@](C)(c2ccc(F)cc2)C(=O)N1Nc1ccccc1. The number of hydrogen-bond acceptors (Lipinski definition) is 4. The molecule has 2 aromatic carbocycles. The lowest BCUT2D eigenvalue weighted by molar-refractivity contribution is -0.129. The fourth-order valence-electron chi connectivity index (χ4n) is 2.43. The first-order valence-corrected chi connectivity index (χ1v) is 8.33. The molecule has 0 bridgehead atoms. The van der Waals surface area contributed by atoms with Crippen LogP contribution < -0.4 is 5.43 Å². The number of carbonyl (C=O) groups is 1. The molecule has 0 aromatic heterocycles. The van der Waals surface area contributed by atoms with E-state index in [1.165, 1.54) is 28.9 Å². The standard InChI is InChI=1S/C17H16FN3OS/c1-17(12-8-10-13(18)11-9-12)15(22)21(16(19-17)23-2)20-14-6-4-3-5-7-14/h3-11,20H,1-2H3/t17-/m0/s1. The van der Waals surface area contributed by atoms with E-state index in [-0.39, 0.29) is 11.7 Å². The molecule has 0 saturated carbocycles. The first kappa shape index (κ1) is 15.6. The Kier molecular flexibility index (Phi) is 4.09. The van der Waals surface area contributed by atoms with E-state index in [0.717, 1.165) is 5.69 Å². The molecule has 2 aromatic rings. The molecule has 1 heterocycles. The van der Waals surface area contributed by atoms with Crippen LogP contribution in [0.25, 0.3) is 0 Å². The number of hydrazine groups is 1. The second-order valence-corrected chi connectivity index (χ2v) is 6.07. The van der Waals surface area contributed by atoms with Gasteiger partial charge in [-0.1, -0.05) is 42.1 Å². The summed E-state index contributed by atoms with van der Waals surface area (Å²) < 4.78 is 13.2. The molecule has 0 saturated heterocycles. The number of amidine groups is 1. The van der Waals surface area contributed by atoms with Crippen LogP contribution in [0.15, 0.2) is 59.6 Å². The summed E-state index contributed by atoms with van der Waals surface area (Å²) in [6.07, 6.45) is 1.86. The third-order valence-electron chi connectivity index (χ3n) is 3.73. The van der Waals surface area contributed by atoms with Crippen LogP contribution in [0.3, 0.4) is 0 Å². The maximum atomic E-state index is 13.2. The Morgan fingerprint density at radius 1 is 1.13 bits per heavy atom. The van der Waals surface area contributed by atoms with Crippen molar-refractivity contribution >= 4 is 28.5 Å². The number of aliphatic imine (C=N–C) groups is 1. The molecule has 0 spiro atoms. The minimum absolute atomic E-state index is 0.197. The predicted octanol–water partition coefficient (Wildman–Crippen LogP) is 3.63. The molecule has 1 atom stereocenters. The number of rotatable bonds is 3. The molecule has 1 aliphatic rings. The molecule has 0 unspecified atom stereocenters. The third kappa shape index (κ3) is 2.82. The molecule has 1 N–H and O–H groups in total. The van der Waals surface area contributed by atoms with Crippen LogP contribution in [0.1, 0.15) is 12.5 Å². The number of nitrogens with one attached hydrogen (secondary N) is 1. The Bertz CT molecular complexity index is 748. The van der Waals surface area contributed by atoms with Crippen molar-refractivity contribution in [1.82, 2.24) is 5.01 Å². The molecule has 4 nitrogen and oxygen atoms in total. The van der Waals surface area contributed by atoms with Crippen LogP contribution in [-0.4, -0.2) is 22.3 Å². The highest BCUT2D eigenvalue weighted by molar-refractivity contribution is 8.13. The van der Waals surface area contributed by atoms with E-state index in [1.54, 1.807) is 19.1 Å². The number of anilines is 1. The summed E-state index contributed by atoms with van der Waals surface area (Å²) in [5.74, 6) is -0.534. The monoisotopic (exact) mass is 329 g/mol. The van der Waals surface area contributed by atoms with Crippen LogP contribution in [0.4, 0.5) is 10.1 Å². The Hall–Kier alpha value is -2.34. The molecular weight excluding hydrogens is 313 g/mol. The average Bonchev–Trinajstić information content (AvgIpc) is 2.82. The molecule has 0 radical (unpaired) electrons. The lowest BCUT2D eigenvalue weighted by Crippen LogP contribution is -2.42. The van der Waals surface area contributed by atoms with Gasteiger partial charge in [0, 0.05) is 0 Å². The Morgan fingerprint density at radius 2 is 1.78 bits per heavy atom. The second-order valence-electron chi connectivity index (χ2n) is 5.30. The van der Waals surface area contributed by atoms with Gasteiger partial charge < -0.3 is 0 Å². The minimum Gasteiger partial charge on any atom is -0.289 e. The molecule has 118 valence electrons. The van der Waals surface area contributed by atoms with E-state index >= 15 is 0 Å². The van der Waals surface area contributed by atoms with Crippen LogP contribution in [0.2, 0.25) is 0 Å². The quantitative estimate of drug-likeness (QED) is 0.935. The number of nitrogens with zero attached hydrogens (tertiary/aromatic N) is 2. The van der Waals surface area contributed by atoms with Crippen LogP contribution in [0, 0.1) is 5.82 Å². The molecule has 23 heavy (non-hydrogen) atoms. The van der Waals surface area contributed by atoms with E-state index < -0.39 is 5.54 Å². The maximum absolute atomic E-state index is 13.2. The smallest absolute Gasteiger partial charge is 0.279 e. The topological polar surface area (TPSA) is 44.7 Å². The van der Waals surface area contributed by atoms with Gasteiger partial charge in [0.2, 0.25) is 0 Å². The van der Waals surface area contributed by atoms with Gasteiger partial charge in [0.25, 0.3) is 5.91 Å². The number of carbonyl (C=O) groups excluding carboxylic acids is 1. The van der Waals surface area contributed by atoms with Crippen LogP contribution in [-0.2, 0) is 10.3 Å². The van der Waals surface area contributed by atoms with Gasteiger partial charge in [0.15, 0.2) is 10.7 Å². The minimum atomic E-state index is -1.06. The van der Waals surface area contributed by atoms with Crippen LogP contribution in [0.5, 0.6) is 0 Å². The lowest BCUT2D eigenvalue weighted by atomic mass is 9.92. The van der Waals surface area contributed by atoms with Crippen molar-refractivity contribution in [2.45, 2.75) is 12.5 Å². The normalized spacial score (nSPS) is 20.6. The van der Waals surface area contributed by atoms with Crippen molar-refractivity contribution < 1.29 is 9.18 Å². The predicted molar refractivity (Wildman–Crippen MR) is 91.6 cm³/mol. The molecular formula is C17H16FN3OS. The van der Waals surface area contributed by atoms with Gasteiger partial charge in [-0.3, -0.25) is 10.2 Å². The fourth-order valence-corrected chi connectivity index (χ4v) is 3.02. The van der Waals surface area contributed by atoms with Crippen LogP contribution >= 0.6 is 11.8 Å². The number of thioether (sulfide) groups is 1. The zero-order chi connectivity index (χ0) is 16.4. The average molecular weight is 329 g/mol. The van der Waals surface area contributed by atoms with Crippen molar-refractivity contribution in [3.8, 4) is 0 Å². The first-order valence-electron chi connectivity index (χ1n) is 7.11. The highest BCUT2D eigenvalue weighted by atomic mass is 32.2. The molecule has 6 heteroatoms. The summed E-state index contributed by atoms with van der Waals surface area (Å²) in [7, 11) is 0. The van der Waals surface area contributed by atoms with E-state index in [0.29, 0.717) is 10.7 Å². The summed E-state index contributed by atoms with van der Waals surface area (Å²) in [6.45, 7) is 1.74. The van der Waals surface area contributed by atoms with Gasteiger partial charge in [-0.15, -0.1) is 0 Å². The van der Waals surface area contributed by atoms with Gasteiger partial charge in [-0.25, -0.2) is 9.38 Å². The number of benzene rings is 2. The van der Waals surface area contributed by atoms with Crippen molar-refractivity contribution in [3.63, 3.8) is 0 Å². The Balaban J connectivity index is 1.94. The second kappa shape index (κ2) is 6.04. The number of amides is 1. The van der Waals surface area contributed by atoms with Crippen molar-refractivity contribution in [2.24, 2.45) is 4.99 Å². The highest BCUT2D eigenvalue weighted by Crippen LogP contribution is 2.35. The Labute approximate surface area is 138 Å². The first-order chi connectivity index (χ1) is 11.0. The van der Waals surface area contributed by atoms with Gasteiger partial charge in [-0.05, 0) is 43.0 Å². The molecule has 1 aliphatic heterocycles. The zero-order valence-corrected chi connectivity index (χ0v) is 13.6. The summed E-state index contributed by atoms with van der Waals surface area (Å²) in [5.41, 5.74) is 3.48. The van der Waals surface area contributed by atoms with Crippen molar-refractivity contribution in [3.05, 3.63) is 66.0 Å². The molecule has 0 aliphatic carbocycles. The van der Waals surface area contributed by atoms with Gasteiger partial charge in [-0.2, -0.15) is 5.01 Å². The van der Waals surface area contributed by atoms with E-state index in [9.17, 15) is 9.18 Å². The zero-order valence-electron chi connectivity index (χ0n) is 12.8. The third-order valence-corrected chi connectivity index (χ3v) is 4.37. The highest BCUT2D eigenvalue weighted by Gasteiger charge is 2.46.